The van der Waals surface area contributed by atoms with Crippen molar-refractivity contribution in [2.24, 2.45) is 0 Å². The Hall–Kier alpha value is -1.34. The summed E-state index contributed by atoms with van der Waals surface area (Å²) in [4.78, 5) is 0.783. The fourth-order valence-corrected chi connectivity index (χ4v) is 4.58. The largest absolute Gasteiger partial charge is 0.506 e. The molecule has 0 spiro atoms. The first kappa shape index (κ1) is 19.0. The summed E-state index contributed by atoms with van der Waals surface area (Å²) in [5.74, 6) is 1.03. The molecule has 1 unspecified atom stereocenters. The molecule has 2 nitrogen and oxygen atoms in total. The van der Waals surface area contributed by atoms with Gasteiger partial charge < -0.3 is 10.4 Å². The van der Waals surface area contributed by atoms with Gasteiger partial charge in [0.25, 0.3) is 0 Å². The molecule has 1 aromatic heterocycles. The van der Waals surface area contributed by atoms with Gasteiger partial charge in [-0.25, -0.2) is 0 Å². The van der Waals surface area contributed by atoms with Gasteiger partial charge in [-0.3, -0.25) is 0 Å². The van der Waals surface area contributed by atoms with Crippen LogP contribution in [0.5, 0.6) is 5.75 Å². The van der Waals surface area contributed by atoms with Crippen molar-refractivity contribution in [3.8, 4) is 16.9 Å². The molecular weight excluding hydrogens is 355 g/mol. The SMILES string of the molecule is CCCSC(C)c1sc(NC)c(-c2cccc(C(F)(F)F)c2)c1O. The Morgan fingerprint density at radius 2 is 2.04 bits per heavy atom. The van der Waals surface area contributed by atoms with Crippen molar-refractivity contribution in [2.45, 2.75) is 31.7 Å². The van der Waals surface area contributed by atoms with Crippen molar-refractivity contribution in [3.05, 3.63) is 34.7 Å². The highest BCUT2D eigenvalue weighted by Gasteiger charge is 2.31. The molecule has 2 N–H and O–H groups in total. The Bertz CT molecular complexity index is 698. The zero-order chi connectivity index (χ0) is 17.9. The van der Waals surface area contributed by atoms with E-state index in [0.29, 0.717) is 16.1 Å². The lowest BCUT2D eigenvalue weighted by molar-refractivity contribution is -0.137. The number of aromatic hydroxyl groups is 1. The van der Waals surface area contributed by atoms with Crippen LogP contribution in [-0.2, 0) is 6.18 Å². The van der Waals surface area contributed by atoms with Gasteiger partial charge in [0.15, 0.2) is 0 Å². The molecule has 0 aliphatic rings. The molecule has 132 valence electrons. The van der Waals surface area contributed by atoms with Gasteiger partial charge in [-0.15, -0.1) is 11.3 Å². The number of thioether (sulfide) groups is 1. The molecule has 0 bridgehead atoms. The van der Waals surface area contributed by atoms with E-state index >= 15 is 0 Å². The third kappa shape index (κ3) is 4.00. The number of nitrogens with one attached hydrogen (secondary N) is 1. The number of thiophene rings is 1. The van der Waals surface area contributed by atoms with Crippen LogP contribution in [0.15, 0.2) is 24.3 Å². The summed E-state index contributed by atoms with van der Waals surface area (Å²) in [5, 5.41) is 14.4. The zero-order valence-corrected chi connectivity index (χ0v) is 15.3. The molecule has 0 amide bonds. The Morgan fingerprint density at radius 1 is 1.33 bits per heavy atom. The number of benzene rings is 1. The highest BCUT2D eigenvalue weighted by molar-refractivity contribution is 7.99. The first-order valence-electron chi connectivity index (χ1n) is 7.62. The van der Waals surface area contributed by atoms with Crippen LogP contribution < -0.4 is 5.32 Å². The van der Waals surface area contributed by atoms with Crippen molar-refractivity contribution in [1.82, 2.24) is 0 Å². The molecule has 2 rings (SSSR count). The van der Waals surface area contributed by atoms with Crippen LogP contribution in [0.4, 0.5) is 18.2 Å². The summed E-state index contributed by atoms with van der Waals surface area (Å²) in [6.45, 7) is 4.09. The van der Waals surface area contributed by atoms with Crippen LogP contribution in [0.3, 0.4) is 0 Å². The fraction of sp³-hybridized carbons (Fsp3) is 0.412. The summed E-state index contributed by atoms with van der Waals surface area (Å²) in [5.41, 5.74) is 0.0806. The maximum atomic E-state index is 13.0. The van der Waals surface area contributed by atoms with E-state index < -0.39 is 11.7 Å². The summed E-state index contributed by atoms with van der Waals surface area (Å²) in [6.07, 6.45) is -3.38. The molecule has 2 aromatic rings. The molecular formula is C17H20F3NOS2. The average molecular weight is 375 g/mol. The van der Waals surface area contributed by atoms with Crippen molar-refractivity contribution in [2.75, 3.05) is 18.1 Å². The van der Waals surface area contributed by atoms with E-state index in [-0.39, 0.29) is 11.0 Å². The first-order valence-corrected chi connectivity index (χ1v) is 9.48. The quantitative estimate of drug-likeness (QED) is 0.614. The predicted molar refractivity (Wildman–Crippen MR) is 97.1 cm³/mol. The summed E-state index contributed by atoms with van der Waals surface area (Å²) in [6, 6.07) is 5.07. The van der Waals surface area contributed by atoms with E-state index in [0.717, 1.165) is 29.2 Å². The standard InChI is InChI=1S/C17H20F3NOS2/c1-4-8-23-10(2)15-14(22)13(16(21-3)24-15)11-6-5-7-12(9-11)17(18,19)20/h5-7,9-10,21-22H,4,8H2,1-3H3. The number of alkyl halides is 3. The van der Waals surface area contributed by atoms with E-state index in [1.165, 1.54) is 17.4 Å². The van der Waals surface area contributed by atoms with Crippen molar-refractivity contribution in [1.29, 1.82) is 0 Å². The van der Waals surface area contributed by atoms with Crippen LogP contribution in [0.25, 0.3) is 11.1 Å². The van der Waals surface area contributed by atoms with Gasteiger partial charge in [0.1, 0.15) is 10.8 Å². The first-order chi connectivity index (χ1) is 11.3. The van der Waals surface area contributed by atoms with E-state index in [1.54, 1.807) is 24.9 Å². The maximum Gasteiger partial charge on any atom is 0.416 e. The van der Waals surface area contributed by atoms with Gasteiger partial charge in [-0.1, -0.05) is 19.1 Å². The monoisotopic (exact) mass is 375 g/mol. The maximum absolute atomic E-state index is 13.0. The Labute approximate surface area is 148 Å². The van der Waals surface area contributed by atoms with Gasteiger partial charge in [-0.05, 0) is 36.8 Å². The number of rotatable bonds is 6. The van der Waals surface area contributed by atoms with Crippen LogP contribution in [0.2, 0.25) is 0 Å². The lowest BCUT2D eigenvalue weighted by Crippen LogP contribution is -2.04. The normalized spacial score (nSPS) is 13.1. The number of halogens is 3. The molecule has 0 saturated carbocycles. The molecule has 24 heavy (non-hydrogen) atoms. The molecule has 0 aliphatic heterocycles. The lowest BCUT2D eigenvalue weighted by atomic mass is 10.0. The molecule has 1 atom stereocenters. The second kappa shape index (κ2) is 7.70. The molecule has 1 heterocycles. The molecule has 0 radical (unpaired) electrons. The highest BCUT2D eigenvalue weighted by Crippen LogP contribution is 2.51. The minimum atomic E-state index is -4.41. The topological polar surface area (TPSA) is 32.3 Å². The van der Waals surface area contributed by atoms with Crippen LogP contribution in [0.1, 0.15) is 36.0 Å². The van der Waals surface area contributed by atoms with Crippen molar-refractivity contribution in [3.63, 3.8) is 0 Å². The average Bonchev–Trinajstić information content (AvgIpc) is 2.88. The van der Waals surface area contributed by atoms with Gasteiger partial charge in [0.2, 0.25) is 0 Å². The molecule has 0 aliphatic carbocycles. The van der Waals surface area contributed by atoms with Gasteiger partial charge in [-0.2, -0.15) is 24.9 Å². The van der Waals surface area contributed by atoms with Crippen LogP contribution in [0, 0.1) is 0 Å². The van der Waals surface area contributed by atoms with Crippen LogP contribution >= 0.6 is 23.1 Å². The zero-order valence-electron chi connectivity index (χ0n) is 13.7. The second-order valence-electron chi connectivity index (χ2n) is 5.36. The van der Waals surface area contributed by atoms with Crippen molar-refractivity contribution < 1.29 is 18.3 Å². The van der Waals surface area contributed by atoms with E-state index in [9.17, 15) is 18.3 Å². The Balaban J connectivity index is 2.49. The van der Waals surface area contributed by atoms with E-state index in [4.69, 9.17) is 0 Å². The number of anilines is 1. The molecule has 0 saturated heterocycles. The Morgan fingerprint density at radius 3 is 2.62 bits per heavy atom. The minimum absolute atomic E-state index is 0.0692. The summed E-state index contributed by atoms with van der Waals surface area (Å²) < 4.78 is 38.9. The fourth-order valence-electron chi connectivity index (χ4n) is 2.38. The van der Waals surface area contributed by atoms with Crippen molar-refractivity contribution >= 4 is 28.1 Å². The third-order valence-corrected chi connectivity index (χ3v) is 6.46. The van der Waals surface area contributed by atoms with E-state index in [1.807, 2.05) is 6.92 Å². The second-order valence-corrected chi connectivity index (χ2v) is 7.86. The predicted octanol–water partition coefficient (Wildman–Crippen LogP) is 6.39. The summed E-state index contributed by atoms with van der Waals surface area (Å²) >= 11 is 3.11. The summed E-state index contributed by atoms with van der Waals surface area (Å²) in [7, 11) is 1.70. The molecule has 1 aromatic carbocycles. The van der Waals surface area contributed by atoms with Gasteiger partial charge >= 0.3 is 6.18 Å². The number of hydrogen-bond acceptors (Lipinski definition) is 4. The van der Waals surface area contributed by atoms with Crippen LogP contribution in [-0.4, -0.2) is 17.9 Å². The minimum Gasteiger partial charge on any atom is -0.506 e. The van der Waals surface area contributed by atoms with Gasteiger partial charge in [0, 0.05) is 12.3 Å². The molecule has 0 fully saturated rings. The molecule has 7 heteroatoms. The highest BCUT2D eigenvalue weighted by atomic mass is 32.2. The Kier molecular flexibility index (Phi) is 6.09. The van der Waals surface area contributed by atoms with E-state index in [2.05, 4.69) is 12.2 Å². The third-order valence-electron chi connectivity index (χ3n) is 3.56. The van der Waals surface area contributed by atoms with Gasteiger partial charge in [0.05, 0.1) is 16.0 Å². The number of hydrogen-bond donors (Lipinski definition) is 2. The lowest BCUT2D eigenvalue weighted by Gasteiger charge is -2.11. The smallest absolute Gasteiger partial charge is 0.416 e.